The predicted octanol–water partition coefficient (Wildman–Crippen LogP) is 4.65. The molecule has 0 heterocycles. The van der Waals surface area contributed by atoms with Crippen molar-refractivity contribution in [1.82, 2.24) is 14.5 Å². The maximum Gasteiger partial charge on any atom is 0.243 e. The molecule has 3 rings (SSSR count). The lowest BCUT2D eigenvalue weighted by Crippen LogP contribution is -2.51. The molecule has 0 bridgehead atoms. The van der Waals surface area contributed by atoms with E-state index in [1.165, 1.54) is 17.8 Å². The van der Waals surface area contributed by atoms with E-state index in [1.807, 2.05) is 38.1 Å². The van der Waals surface area contributed by atoms with Crippen LogP contribution in [0.2, 0.25) is 0 Å². The molecule has 2 amide bonds. The number of amides is 2. The smallest absolute Gasteiger partial charge is 0.243 e. The number of sulfonamides is 1. The first kappa shape index (κ1) is 28.9. The van der Waals surface area contributed by atoms with Gasteiger partial charge in [-0.2, -0.15) is 0 Å². The Labute approximate surface area is 222 Å². The van der Waals surface area contributed by atoms with E-state index in [4.69, 9.17) is 0 Å². The molecule has 0 aliphatic heterocycles. The number of hydrogen-bond donors (Lipinski definition) is 1. The summed E-state index contributed by atoms with van der Waals surface area (Å²) >= 11 is 0. The Hall–Kier alpha value is -2.71. The van der Waals surface area contributed by atoms with Crippen molar-refractivity contribution in [1.29, 1.82) is 0 Å². The van der Waals surface area contributed by atoms with Gasteiger partial charge in [-0.3, -0.25) is 9.59 Å². The largest absolute Gasteiger partial charge is 0.352 e. The number of nitrogens with one attached hydrogen (secondary N) is 1. The van der Waals surface area contributed by atoms with E-state index in [-0.39, 0.29) is 35.7 Å². The summed E-state index contributed by atoms with van der Waals surface area (Å²) in [5.41, 5.74) is 2.07. The minimum absolute atomic E-state index is 0.0971. The second-order valence-electron chi connectivity index (χ2n) is 9.96. The van der Waals surface area contributed by atoms with Crippen LogP contribution < -0.4 is 5.32 Å². The Morgan fingerprint density at radius 2 is 1.65 bits per heavy atom. The van der Waals surface area contributed by atoms with Gasteiger partial charge < -0.3 is 10.2 Å². The summed E-state index contributed by atoms with van der Waals surface area (Å²) in [5.74, 6) is -0.237. The van der Waals surface area contributed by atoms with Gasteiger partial charge in [-0.25, -0.2) is 12.7 Å². The fourth-order valence-electron chi connectivity index (χ4n) is 4.92. The Balaban J connectivity index is 1.70. The van der Waals surface area contributed by atoms with Gasteiger partial charge in [0.15, 0.2) is 0 Å². The molecule has 202 valence electrons. The van der Waals surface area contributed by atoms with Crippen LogP contribution in [0.4, 0.5) is 0 Å². The molecule has 1 unspecified atom stereocenters. The average molecular weight is 528 g/mol. The van der Waals surface area contributed by atoms with Crippen LogP contribution in [-0.4, -0.2) is 55.1 Å². The van der Waals surface area contributed by atoms with Crippen molar-refractivity contribution in [2.24, 2.45) is 0 Å². The lowest BCUT2D eigenvalue weighted by atomic mass is 9.95. The number of carbonyl (C=O) groups excluding carboxylic acids is 2. The molecule has 0 spiro atoms. The number of aryl methyl sites for hydroxylation is 1. The fourth-order valence-corrected chi connectivity index (χ4v) is 6.15. The first-order valence-electron chi connectivity index (χ1n) is 13.4. The van der Waals surface area contributed by atoms with Gasteiger partial charge in [-0.15, -0.1) is 0 Å². The highest BCUT2D eigenvalue weighted by molar-refractivity contribution is 7.89. The van der Waals surface area contributed by atoms with Gasteiger partial charge in [0.05, 0.1) is 4.90 Å². The minimum atomic E-state index is -3.62. The van der Waals surface area contributed by atoms with Crippen LogP contribution in [0.5, 0.6) is 0 Å². The SMILES string of the molecule is CCC(C(=O)NC1CCCCC1)N(Cc1ccccc1C)C(=O)CCCN(C)S(=O)(=O)c1ccccc1. The van der Waals surface area contributed by atoms with Crippen molar-refractivity contribution in [3.63, 3.8) is 0 Å². The third-order valence-corrected chi connectivity index (χ3v) is 9.13. The van der Waals surface area contributed by atoms with Crippen LogP contribution in [0.25, 0.3) is 0 Å². The molecule has 1 atom stereocenters. The van der Waals surface area contributed by atoms with Crippen LogP contribution in [0.15, 0.2) is 59.5 Å². The maximum absolute atomic E-state index is 13.5. The number of benzene rings is 2. The summed E-state index contributed by atoms with van der Waals surface area (Å²) in [6.45, 7) is 4.50. The highest BCUT2D eigenvalue weighted by Crippen LogP contribution is 2.21. The van der Waals surface area contributed by atoms with Gasteiger partial charge in [0, 0.05) is 32.6 Å². The first-order valence-corrected chi connectivity index (χ1v) is 14.8. The molecule has 0 saturated heterocycles. The summed E-state index contributed by atoms with van der Waals surface area (Å²) < 4.78 is 26.9. The Kier molecular flexibility index (Phi) is 10.7. The summed E-state index contributed by atoms with van der Waals surface area (Å²) in [4.78, 5) is 28.8. The molecule has 0 radical (unpaired) electrons. The van der Waals surface area contributed by atoms with E-state index in [2.05, 4.69) is 5.32 Å². The highest BCUT2D eigenvalue weighted by atomic mass is 32.2. The van der Waals surface area contributed by atoms with Gasteiger partial charge in [0.25, 0.3) is 0 Å². The van der Waals surface area contributed by atoms with Crippen LogP contribution in [0, 0.1) is 6.92 Å². The molecule has 1 fully saturated rings. The van der Waals surface area contributed by atoms with E-state index < -0.39 is 16.1 Å². The highest BCUT2D eigenvalue weighted by Gasteiger charge is 2.30. The monoisotopic (exact) mass is 527 g/mol. The predicted molar refractivity (Wildman–Crippen MR) is 146 cm³/mol. The Bertz CT molecular complexity index is 1130. The van der Waals surface area contributed by atoms with Crippen molar-refractivity contribution in [3.8, 4) is 0 Å². The van der Waals surface area contributed by atoms with Gasteiger partial charge in [-0.05, 0) is 55.9 Å². The van der Waals surface area contributed by atoms with Crippen molar-refractivity contribution >= 4 is 21.8 Å². The molecule has 1 aliphatic rings. The lowest BCUT2D eigenvalue weighted by molar-refractivity contribution is -0.142. The Morgan fingerprint density at radius 1 is 1.00 bits per heavy atom. The molecule has 1 aliphatic carbocycles. The molecule has 2 aromatic rings. The minimum Gasteiger partial charge on any atom is -0.352 e. The molecular weight excluding hydrogens is 486 g/mol. The molecule has 1 N–H and O–H groups in total. The molecule has 2 aromatic carbocycles. The second kappa shape index (κ2) is 13.7. The van der Waals surface area contributed by atoms with Gasteiger partial charge in [0.2, 0.25) is 21.8 Å². The number of rotatable bonds is 12. The molecule has 0 aromatic heterocycles. The molecule has 8 heteroatoms. The van der Waals surface area contributed by atoms with Crippen molar-refractivity contribution < 1.29 is 18.0 Å². The van der Waals surface area contributed by atoms with Gasteiger partial charge in [-0.1, -0.05) is 68.7 Å². The number of carbonyl (C=O) groups is 2. The molecular formula is C29H41N3O4S. The third-order valence-electron chi connectivity index (χ3n) is 7.25. The zero-order chi connectivity index (χ0) is 26.8. The third kappa shape index (κ3) is 7.89. The van der Waals surface area contributed by atoms with Crippen LogP contribution in [0.1, 0.15) is 69.4 Å². The zero-order valence-electron chi connectivity index (χ0n) is 22.4. The van der Waals surface area contributed by atoms with E-state index in [0.717, 1.165) is 36.8 Å². The molecule has 1 saturated carbocycles. The molecule has 7 nitrogen and oxygen atoms in total. The van der Waals surface area contributed by atoms with Crippen LogP contribution >= 0.6 is 0 Å². The maximum atomic E-state index is 13.5. The Morgan fingerprint density at radius 3 is 2.30 bits per heavy atom. The van der Waals surface area contributed by atoms with E-state index in [0.29, 0.717) is 19.4 Å². The fraction of sp³-hybridized carbons (Fsp3) is 0.517. The summed E-state index contributed by atoms with van der Waals surface area (Å²) in [7, 11) is -2.09. The van der Waals surface area contributed by atoms with Crippen LogP contribution in [0.3, 0.4) is 0 Å². The summed E-state index contributed by atoms with van der Waals surface area (Å²) in [6, 6.07) is 15.8. The number of nitrogens with zero attached hydrogens (tertiary/aromatic N) is 2. The summed E-state index contributed by atoms with van der Waals surface area (Å²) in [5, 5.41) is 3.20. The molecule has 37 heavy (non-hydrogen) atoms. The van der Waals surface area contributed by atoms with E-state index in [1.54, 1.807) is 35.2 Å². The zero-order valence-corrected chi connectivity index (χ0v) is 23.2. The quantitative estimate of drug-likeness (QED) is 0.435. The first-order chi connectivity index (χ1) is 17.7. The van der Waals surface area contributed by atoms with Crippen molar-refractivity contribution in [2.75, 3.05) is 13.6 Å². The van der Waals surface area contributed by atoms with Crippen LogP contribution in [-0.2, 0) is 26.2 Å². The number of hydrogen-bond acceptors (Lipinski definition) is 4. The topological polar surface area (TPSA) is 86.8 Å². The average Bonchev–Trinajstić information content (AvgIpc) is 2.90. The van der Waals surface area contributed by atoms with E-state index in [9.17, 15) is 18.0 Å². The normalized spacial score (nSPS) is 15.4. The second-order valence-corrected chi connectivity index (χ2v) is 12.0. The lowest BCUT2D eigenvalue weighted by Gasteiger charge is -2.33. The summed E-state index contributed by atoms with van der Waals surface area (Å²) in [6.07, 6.45) is 6.45. The van der Waals surface area contributed by atoms with E-state index >= 15 is 0 Å². The standard InChI is InChI=1S/C29H41N3O4S/c1-4-27(29(34)30-25-16-7-5-8-17-25)32(22-24-15-12-11-14-23(24)2)28(33)20-13-21-31(3)37(35,36)26-18-9-6-10-19-26/h6,9-12,14-15,18-19,25,27H,4-5,7-8,13,16-17,20-22H2,1-3H3,(H,30,34). The van der Waals surface area contributed by atoms with Gasteiger partial charge >= 0.3 is 0 Å². The van der Waals surface area contributed by atoms with Gasteiger partial charge in [0.1, 0.15) is 6.04 Å². The van der Waals surface area contributed by atoms with Crippen molar-refractivity contribution in [2.45, 2.75) is 88.7 Å². The van der Waals surface area contributed by atoms with Crippen molar-refractivity contribution in [3.05, 3.63) is 65.7 Å².